The lowest BCUT2D eigenvalue weighted by Gasteiger charge is -2.14. The molecule has 0 aliphatic rings. The first-order valence-corrected chi connectivity index (χ1v) is 6.91. The van der Waals surface area contributed by atoms with Crippen molar-refractivity contribution >= 4 is 0 Å². The van der Waals surface area contributed by atoms with Crippen molar-refractivity contribution in [2.24, 2.45) is 11.7 Å². The Labute approximate surface area is 118 Å². The first-order chi connectivity index (χ1) is 9.69. The quantitative estimate of drug-likeness (QED) is 0.796. The van der Waals surface area contributed by atoms with E-state index in [0.717, 1.165) is 12.8 Å². The molecule has 0 radical (unpaired) electrons. The van der Waals surface area contributed by atoms with Gasteiger partial charge in [0.2, 0.25) is 5.89 Å². The van der Waals surface area contributed by atoms with Gasteiger partial charge in [0.25, 0.3) is 0 Å². The van der Waals surface area contributed by atoms with Crippen LogP contribution in [0.15, 0.2) is 34.9 Å². The van der Waals surface area contributed by atoms with Crippen molar-refractivity contribution in [2.45, 2.75) is 32.2 Å². The molecule has 0 amide bonds. The maximum absolute atomic E-state index is 9.01. The number of rotatable bonds is 7. The van der Waals surface area contributed by atoms with Crippen LogP contribution in [0.4, 0.5) is 0 Å². The summed E-state index contributed by atoms with van der Waals surface area (Å²) in [7, 11) is 0. The highest BCUT2D eigenvalue weighted by atomic mass is 16.5. The van der Waals surface area contributed by atoms with E-state index in [2.05, 4.69) is 22.3 Å². The van der Waals surface area contributed by atoms with Crippen LogP contribution < -0.4 is 5.73 Å². The van der Waals surface area contributed by atoms with Crippen molar-refractivity contribution in [3.63, 3.8) is 0 Å². The van der Waals surface area contributed by atoms with Gasteiger partial charge in [-0.25, -0.2) is 0 Å². The summed E-state index contributed by atoms with van der Waals surface area (Å²) in [5, 5.41) is 13.0. The Bertz CT molecular complexity index is 513. The molecule has 0 aliphatic heterocycles. The third-order valence-electron chi connectivity index (χ3n) is 3.43. The van der Waals surface area contributed by atoms with Gasteiger partial charge in [-0.1, -0.05) is 42.4 Å². The van der Waals surface area contributed by atoms with Crippen LogP contribution in [0.25, 0.3) is 0 Å². The number of aromatic nitrogens is 2. The molecule has 0 bridgehead atoms. The second-order valence-corrected chi connectivity index (χ2v) is 5.12. The predicted molar refractivity (Wildman–Crippen MR) is 76.1 cm³/mol. The normalized spacial score (nSPS) is 14.2. The Morgan fingerprint density at radius 1 is 1.25 bits per heavy atom. The van der Waals surface area contributed by atoms with Gasteiger partial charge in [-0.05, 0) is 17.9 Å². The number of nitrogens with two attached hydrogens (primary N) is 1. The minimum atomic E-state index is -0.249. The summed E-state index contributed by atoms with van der Waals surface area (Å²) >= 11 is 0. The largest absolute Gasteiger partial charge is 0.395 e. The Kier molecular flexibility index (Phi) is 5.26. The summed E-state index contributed by atoms with van der Waals surface area (Å²) in [4.78, 5) is 4.37. The molecule has 0 saturated heterocycles. The van der Waals surface area contributed by atoms with Crippen molar-refractivity contribution < 1.29 is 9.63 Å². The van der Waals surface area contributed by atoms with Crippen molar-refractivity contribution in [3.05, 3.63) is 47.6 Å². The maximum Gasteiger partial charge on any atom is 0.226 e. The molecule has 2 rings (SSSR count). The van der Waals surface area contributed by atoms with Crippen molar-refractivity contribution in [2.75, 3.05) is 6.61 Å². The highest BCUT2D eigenvalue weighted by Gasteiger charge is 2.16. The number of hydrogen-bond donors (Lipinski definition) is 2. The molecule has 2 atom stereocenters. The molecule has 2 unspecified atom stereocenters. The van der Waals surface area contributed by atoms with Crippen LogP contribution in [-0.2, 0) is 19.3 Å². The van der Waals surface area contributed by atoms with E-state index in [-0.39, 0.29) is 18.6 Å². The standard InChI is InChI=1S/C15H21N3O2/c1-11(13(16)10-19)9-14-17-15(20-18-14)8-7-12-5-3-2-4-6-12/h2-6,11,13,19H,7-10,16H2,1H3. The fourth-order valence-electron chi connectivity index (χ4n) is 1.99. The number of nitrogens with zero attached hydrogens (tertiary/aromatic N) is 2. The number of aryl methyl sites for hydroxylation is 2. The van der Waals surface area contributed by atoms with Gasteiger partial charge in [0.15, 0.2) is 5.82 Å². The Morgan fingerprint density at radius 2 is 2.00 bits per heavy atom. The summed E-state index contributed by atoms with van der Waals surface area (Å²) in [6, 6.07) is 9.96. The molecule has 1 aromatic heterocycles. The molecule has 0 fully saturated rings. The van der Waals surface area contributed by atoms with Gasteiger partial charge in [-0.3, -0.25) is 0 Å². The summed E-state index contributed by atoms with van der Waals surface area (Å²) in [5.41, 5.74) is 7.02. The number of benzene rings is 1. The first-order valence-electron chi connectivity index (χ1n) is 6.91. The molecule has 5 heteroatoms. The van der Waals surface area contributed by atoms with E-state index in [1.165, 1.54) is 5.56 Å². The molecular weight excluding hydrogens is 254 g/mol. The molecule has 1 aromatic carbocycles. The topological polar surface area (TPSA) is 85.2 Å². The minimum Gasteiger partial charge on any atom is -0.395 e. The Balaban J connectivity index is 1.86. The van der Waals surface area contributed by atoms with Gasteiger partial charge >= 0.3 is 0 Å². The maximum atomic E-state index is 9.01. The van der Waals surface area contributed by atoms with E-state index >= 15 is 0 Å². The second kappa shape index (κ2) is 7.17. The predicted octanol–water partition coefficient (Wildman–Crippen LogP) is 1.35. The smallest absolute Gasteiger partial charge is 0.226 e. The molecule has 1 heterocycles. The van der Waals surface area contributed by atoms with Gasteiger partial charge in [0.1, 0.15) is 0 Å². The number of aliphatic hydroxyl groups is 1. The van der Waals surface area contributed by atoms with Crippen molar-refractivity contribution in [1.29, 1.82) is 0 Å². The van der Waals surface area contributed by atoms with Crippen LogP contribution in [0.3, 0.4) is 0 Å². The van der Waals surface area contributed by atoms with E-state index < -0.39 is 0 Å². The van der Waals surface area contributed by atoms with Crippen molar-refractivity contribution in [1.82, 2.24) is 10.1 Å². The van der Waals surface area contributed by atoms with E-state index in [0.29, 0.717) is 18.1 Å². The van der Waals surface area contributed by atoms with Crippen LogP contribution in [-0.4, -0.2) is 27.9 Å². The van der Waals surface area contributed by atoms with E-state index in [9.17, 15) is 0 Å². The van der Waals surface area contributed by atoms with E-state index in [1.807, 2.05) is 25.1 Å². The molecule has 5 nitrogen and oxygen atoms in total. The molecule has 2 aromatic rings. The third kappa shape index (κ3) is 4.15. The minimum absolute atomic E-state index is 0.0279. The number of hydrogen-bond acceptors (Lipinski definition) is 5. The van der Waals surface area contributed by atoms with Gasteiger partial charge in [0, 0.05) is 18.9 Å². The highest BCUT2D eigenvalue weighted by molar-refractivity contribution is 5.15. The lowest BCUT2D eigenvalue weighted by atomic mass is 9.99. The molecule has 108 valence electrons. The lowest BCUT2D eigenvalue weighted by molar-refractivity contribution is 0.230. The summed E-state index contributed by atoms with van der Waals surface area (Å²) < 4.78 is 5.24. The second-order valence-electron chi connectivity index (χ2n) is 5.12. The van der Waals surface area contributed by atoms with Gasteiger partial charge in [-0.2, -0.15) is 4.98 Å². The van der Waals surface area contributed by atoms with Crippen LogP contribution >= 0.6 is 0 Å². The third-order valence-corrected chi connectivity index (χ3v) is 3.43. The monoisotopic (exact) mass is 275 g/mol. The van der Waals surface area contributed by atoms with Crippen LogP contribution in [0, 0.1) is 5.92 Å². The molecular formula is C15H21N3O2. The fraction of sp³-hybridized carbons (Fsp3) is 0.467. The summed E-state index contributed by atoms with van der Waals surface area (Å²) in [6.07, 6.45) is 2.24. The number of aliphatic hydroxyl groups excluding tert-OH is 1. The molecule has 0 saturated carbocycles. The summed E-state index contributed by atoms with van der Waals surface area (Å²) in [6.45, 7) is 1.95. The van der Waals surface area contributed by atoms with Crippen LogP contribution in [0.1, 0.15) is 24.2 Å². The molecule has 0 spiro atoms. The van der Waals surface area contributed by atoms with Gasteiger partial charge < -0.3 is 15.4 Å². The molecule has 20 heavy (non-hydrogen) atoms. The Morgan fingerprint density at radius 3 is 2.70 bits per heavy atom. The van der Waals surface area contributed by atoms with Gasteiger partial charge in [0.05, 0.1) is 6.61 Å². The van der Waals surface area contributed by atoms with Crippen molar-refractivity contribution in [3.8, 4) is 0 Å². The van der Waals surface area contributed by atoms with Crippen LogP contribution in [0.2, 0.25) is 0 Å². The summed E-state index contributed by atoms with van der Waals surface area (Å²) in [5.74, 6) is 1.43. The molecule has 0 aliphatic carbocycles. The average molecular weight is 275 g/mol. The zero-order valence-electron chi connectivity index (χ0n) is 11.7. The van der Waals surface area contributed by atoms with Crippen LogP contribution in [0.5, 0.6) is 0 Å². The van der Waals surface area contributed by atoms with Gasteiger partial charge in [-0.15, -0.1) is 0 Å². The Hall–Kier alpha value is -1.72. The van der Waals surface area contributed by atoms with E-state index in [1.54, 1.807) is 0 Å². The zero-order chi connectivity index (χ0) is 14.4. The zero-order valence-corrected chi connectivity index (χ0v) is 11.7. The lowest BCUT2D eigenvalue weighted by Crippen LogP contribution is -2.33. The average Bonchev–Trinajstić information content (AvgIpc) is 2.92. The fourth-order valence-corrected chi connectivity index (χ4v) is 1.99. The highest BCUT2D eigenvalue weighted by Crippen LogP contribution is 2.10. The molecule has 3 N–H and O–H groups in total. The SMILES string of the molecule is CC(Cc1noc(CCc2ccccc2)n1)C(N)CO. The van der Waals surface area contributed by atoms with E-state index in [4.69, 9.17) is 15.4 Å². The first kappa shape index (κ1) is 14.7.